The Bertz CT molecular complexity index is 1120. The average molecular weight is 436 g/mol. The van der Waals surface area contributed by atoms with Crippen molar-refractivity contribution in [2.75, 3.05) is 11.6 Å². The Hall–Kier alpha value is -3.65. The van der Waals surface area contributed by atoms with Crippen LogP contribution in [0.1, 0.15) is 39.2 Å². The molecule has 2 amide bonds. The Morgan fingerprint density at radius 1 is 0.968 bits per heavy atom. The molecule has 1 atom stereocenters. The lowest BCUT2D eigenvalue weighted by atomic mass is 10.1. The monoisotopic (exact) mass is 435 g/mol. The minimum Gasteiger partial charge on any atom is -0.345 e. The van der Waals surface area contributed by atoms with Crippen molar-refractivity contribution in [3.05, 3.63) is 99.6 Å². The molecular formula is C23H21N3O4S. The zero-order chi connectivity index (χ0) is 22.4. The van der Waals surface area contributed by atoms with Crippen LogP contribution in [0.4, 0.5) is 11.4 Å². The number of nitro groups is 1. The van der Waals surface area contributed by atoms with Crippen molar-refractivity contribution in [2.24, 2.45) is 0 Å². The van der Waals surface area contributed by atoms with Crippen molar-refractivity contribution in [3.63, 3.8) is 0 Å². The van der Waals surface area contributed by atoms with Crippen LogP contribution >= 0.6 is 11.8 Å². The zero-order valence-corrected chi connectivity index (χ0v) is 17.8. The van der Waals surface area contributed by atoms with E-state index in [0.717, 1.165) is 5.56 Å². The number of nitro benzene ring substituents is 1. The summed E-state index contributed by atoms with van der Waals surface area (Å²) in [6.07, 6.45) is 1.73. The van der Waals surface area contributed by atoms with E-state index in [2.05, 4.69) is 10.6 Å². The number of rotatable bonds is 7. The molecule has 0 radical (unpaired) electrons. The summed E-state index contributed by atoms with van der Waals surface area (Å²) in [6.45, 7) is 1.88. The first-order valence-electron chi connectivity index (χ1n) is 9.49. The van der Waals surface area contributed by atoms with Crippen molar-refractivity contribution < 1.29 is 14.5 Å². The maximum atomic E-state index is 12.8. The summed E-state index contributed by atoms with van der Waals surface area (Å²) in [5, 5.41) is 16.9. The van der Waals surface area contributed by atoms with E-state index in [1.165, 1.54) is 30.0 Å². The first-order chi connectivity index (χ1) is 14.9. The van der Waals surface area contributed by atoms with Gasteiger partial charge in [0, 0.05) is 11.6 Å². The fraction of sp³-hybridized carbons (Fsp3) is 0.130. The molecule has 7 nitrogen and oxygen atoms in total. The van der Waals surface area contributed by atoms with Crippen LogP contribution in [0.25, 0.3) is 0 Å². The Morgan fingerprint density at radius 3 is 2.32 bits per heavy atom. The summed E-state index contributed by atoms with van der Waals surface area (Å²) < 4.78 is 0. The number of para-hydroxylation sites is 1. The third kappa shape index (κ3) is 5.29. The van der Waals surface area contributed by atoms with Crippen LogP contribution in [0.3, 0.4) is 0 Å². The second kappa shape index (κ2) is 9.90. The Labute approximate surface area is 184 Å². The molecule has 0 aliphatic rings. The fourth-order valence-corrected chi connectivity index (χ4v) is 3.60. The molecule has 0 saturated heterocycles. The first kappa shape index (κ1) is 22.0. The van der Waals surface area contributed by atoms with Crippen LogP contribution in [0.2, 0.25) is 0 Å². The Morgan fingerprint density at radius 2 is 1.65 bits per heavy atom. The van der Waals surface area contributed by atoms with Crippen molar-refractivity contribution in [3.8, 4) is 0 Å². The highest BCUT2D eigenvalue weighted by Crippen LogP contribution is 2.29. The van der Waals surface area contributed by atoms with Gasteiger partial charge in [0.05, 0.1) is 27.1 Å². The van der Waals surface area contributed by atoms with Gasteiger partial charge >= 0.3 is 0 Å². The molecule has 3 rings (SSSR count). The third-order valence-corrected chi connectivity index (χ3v) is 5.49. The first-order valence-corrected chi connectivity index (χ1v) is 10.7. The van der Waals surface area contributed by atoms with Crippen LogP contribution in [-0.2, 0) is 0 Å². The molecule has 0 aromatic heterocycles. The number of thioether (sulfide) groups is 1. The molecule has 0 fully saturated rings. The van der Waals surface area contributed by atoms with Gasteiger partial charge in [0.15, 0.2) is 0 Å². The Kier molecular flexibility index (Phi) is 7.04. The summed E-state index contributed by atoms with van der Waals surface area (Å²) >= 11 is 1.23. The van der Waals surface area contributed by atoms with E-state index in [1.807, 2.05) is 37.3 Å². The third-order valence-electron chi connectivity index (χ3n) is 4.70. The maximum Gasteiger partial charge on any atom is 0.283 e. The van der Waals surface area contributed by atoms with Crippen molar-refractivity contribution in [1.82, 2.24) is 5.32 Å². The van der Waals surface area contributed by atoms with E-state index in [-0.39, 0.29) is 23.2 Å². The topological polar surface area (TPSA) is 101 Å². The van der Waals surface area contributed by atoms with Gasteiger partial charge in [-0.2, -0.15) is 0 Å². The number of benzene rings is 3. The molecule has 0 aliphatic heterocycles. The molecule has 0 aliphatic carbocycles. The van der Waals surface area contributed by atoms with Gasteiger partial charge in [-0.1, -0.05) is 42.5 Å². The molecule has 3 aromatic rings. The average Bonchev–Trinajstić information content (AvgIpc) is 2.79. The van der Waals surface area contributed by atoms with Gasteiger partial charge in [-0.05, 0) is 43.0 Å². The zero-order valence-electron chi connectivity index (χ0n) is 17.0. The molecule has 31 heavy (non-hydrogen) atoms. The predicted molar refractivity (Wildman–Crippen MR) is 122 cm³/mol. The number of hydrogen-bond acceptors (Lipinski definition) is 5. The number of anilines is 1. The molecule has 0 bridgehead atoms. The minimum absolute atomic E-state index is 0.136. The van der Waals surface area contributed by atoms with Crippen LogP contribution in [0.15, 0.2) is 77.7 Å². The lowest BCUT2D eigenvalue weighted by molar-refractivity contribution is -0.387. The van der Waals surface area contributed by atoms with E-state index >= 15 is 0 Å². The molecule has 0 spiro atoms. The molecule has 0 saturated carbocycles. The number of amides is 2. The number of carbonyl (C=O) groups is 2. The quantitative estimate of drug-likeness (QED) is 0.307. The second-order valence-corrected chi connectivity index (χ2v) is 7.60. The van der Waals surface area contributed by atoms with Crippen molar-refractivity contribution in [2.45, 2.75) is 17.9 Å². The predicted octanol–water partition coefficient (Wildman–Crippen LogP) is 5.06. The standard InChI is InChI=1S/C23H21N3O4S/c1-15(16-8-4-3-5-9-16)24-23(28)18-10-6-7-11-19(18)25-22(27)17-12-13-21(31-2)20(14-17)26(29)30/h3-15H,1-2H3,(H,24,28)(H,25,27). The largest absolute Gasteiger partial charge is 0.345 e. The minimum atomic E-state index is -0.535. The van der Waals surface area contributed by atoms with Gasteiger partial charge in [0.25, 0.3) is 17.5 Å². The van der Waals surface area contributed by atoms with Crippen LogP contribution in [-0.4, -0.2) is 23.0 Å². The highest BCUT2D eigenvalue weighted by molar-refractivity contribution is 7.98. The van der Waals surface area contributed by atoms with Gasteiger partial charge < -0.3 is 10.6 Å². The summed E-state index contributed by atoms with van der Waals surface area (Å²) in [4.78, 5) is 36.8. The highest BCUT2D eigenvalue weighted by Gasteiger charge is 2.19. The van der Waals surface area contributed by atoms with Gasteiger partial charge in [-0.3, -0.25) is 19.7 Å². The van der Waals surface area contributed by atoms with E-state index in [9.17, 15) is 19.7 Å². The number of hydrogen-bond donors (Lipinski definition) is 2. The van der Waals surface area contributed by atoms with Gasteiger partial charge in [-0.25, -0.2) is 0 Å². The Balaban J connectivity index is 1.80. The van der Waals surface area contributed by atoms with Crippen LogP contribution in [0.5, 0.6) is 0 Å². The summed E-state index contributed by atoms with van der Waals surface area (Å²) in [6, 6.07) is 20.2. The van der Waals surface area contributed by atoms with Gasteiger partial charge in [-0.15, -0.1) is 11.8 Å². The fourth-order valence-electron chi connectivity index (χ4n) is 3.06. The normalized spacial score (nSPS) is 11.4. The molecular weight excluding hydrogens is 414 g/mol. The smallest absolute Gasteiger partial charge is 0.283 e. The van der Waals surface area contributed by atoms with E-state index in [1.54, 1.807) is 30.5 Å². The SMILES string of the molecule is CSc1ccc(C(=O)Nc2ccccc2C(=O)NC(C)c2ccccc2)cc1[N+](=O)[O-]. The summed E-state index contributed by atoms with van der Waals surface area (Å²) in [7, 11) is 0. The molecule has 2 N–H and O–H groups in total. The molecule has 3 aromatic carbocycles. The maximum absolute atomic E-state index is 12.8. The molecule has 8 heteroatoms. The summed E-state index contributed by atoms with van der Waals surface area (Å²) in [5.74, 6) is -0.872. The van der Waals surface area contributed by atoms with Crippen LogP contribution in [0, 0.1) is 10.1 Å². The molecule has 1 unspecified atom stereocenters. The number of nitrogens with zero attached hydrogens (tertiary/aromatic N) is 1. The van der Waals surface area contributed by atoms with E-state index in [4.69, 9.17) is 0 Å². The highest BCUT2D eigenvalue weighted by atomic mass is 32.2. The lowest BCUT2D eigenvalue weighted by Gasteiger charge is -2.16. The van der Waals surface area contributed by atoms with E-state index in [0.29, 0.717) is 16.1 Å². The molecule has 0 heterocycles. The van der Waals surface area contributed by atoms with Crippen molar-refractivity contribution in [1.29, 1.82) is 0 Å². The summed E-state index contributed by atoms with van der Waals surface area (Å²) in [5.41, 5.74) is 1.58. The second-order valence-electron chi connectivity index (χ2n) is 6.75. The number of carbonyl (C=O) groups excluding carboxylic acids is 2. The van der Waals surface area contributed by atoms with Gasteiger partial charge in [0.1, 0.15) is 0 Å². The van der Waals surface area contributed by atoms with Crippen molar-refractivity contribution >= 4 is 35.0 Å². The lowest BCUT2D eigenvalue weighted by Crippen LogP contribution is -2.28. The van der Waals surface area contributed by atoms with E-state index < -0.39 is 10.8 Å². The van der Waals surface area contributed by atoms with Crippen LogP contribution < -0.4 is 10.6 Å². The van der Waals surface area contributed by atoms with Gasteiger partial charge in [0.2, 0.25) is 0 Å². The number of nitrogens with one attached hydrogen (secondary N) is 2. The molecule has 158 valence electrons.